The number of hydrogen-bond donors (Lipinski definition) is 1. The Hall–Kier alpha value is -3.21. The van der Waals surface area contributed by atoms with Crippen molar-refractivity contribution in [2.24, 2.45) is 0 Å². The highest BCUT2D eigenvalue weighted by molar-refractivity contribution is 5.56. The summed E-state index contributed by atoms with van der Waals surface area (Å²) in [7, 11) is 0. The number of aliphatic hydroxyl groups is 1. The first kappa shape index (κ1) is 16.3. The highest BCUT2D eigenvalue weighted by atomic mass is 16.5. The zero-order valence-corrected chi connectivity index (χ0v) is 14.2. The number of ether oxygens (including phenoxy) is 2. The van der Waals surface area contributed by atoms with E-state index in [4.69, 9.17) is 13.9 Å². The average molecular weight is 349 g/mol. The van der Waals surface area contributed by atoms with E-state index in [0.29, 0.717) is 19.6 Å². The predicted octanol–water partition coefficient (Wildman–Crippen LogP) is 4.86. The number of hydrogen-bond acceptors (Lipinski definition) is 5. The Bertz CT molecular complexity index is 900. The third-order valence-corrected chi connectivity index (χ3v) is 4.42. The molecule has 0 saturated carbocycles. The lowest BCUT2D eigenvalue weighted by Crippen LogP contribution is -2.01. The summed E-state index contributed by atoms with van der Waals surface area (Å²) in [6, 6.07) is 13.8. The smallest absolute Gasteiger partial charge is 0.181 e. The van der Waals surface area contributed by atoms with Crippen LogP contribution in [0.5, 0.6) is 11.5 Å². The van der Waals surface area contributed by atoms with Crippen LogP contribution in [0.15, 0.2) is 71.8 Å². The van der Waals surface area contributed by atoms with Crippen molar-refractivity contribution < 1.29 is 19.0 Å². The normalized spacial score (nSPS) is 15.3. The molecule has 1 aromatic heterocycles. The van der Waals surface area contributed by atoms with Crippen molar-refractivity contribution in [2.75, 3.05) is 6.61 Å². The Balaban J connectivity index is 1.40. The number of aliphatic hydroxyl groups excluding tert-OH is 1. The zero-order valence-electron chi connectivity index (χ0n) is 14.2. The van der Waals surface area contributed by atoms with Crippen LogP contribution in [0.25, 0.3) is 11.3 Å². The van der Waals surface area contributed by atoms with Gasteiger partial charge in [-0.25, -0.2) is 4.98 Å². The molecule has 1 aliphatic heterocycles. The molecular formula is C21H19NO4. The van der Waals surface area contributed by atoms with Crippen molar-refractivity contribution in [2.45, 2.75) is 18.9 Å². The molecule has 0 aliphatic carbocycles. The van der Waals surface area contributed by atoms with Gasteiger partial charge in [0.2, 0.25) is 0 Å². The van der Waals surface area contributed by atoms with Crippen LogP contribution in [0.4, 0.5) is 0 Å². The van der Waals surface area contributed by atoms with E-state index in [9.17, 15) is 5.11 Å². The number of benzene rings is 2. The Kier molecular flexibility index (Phi) is 4.35. The molecule has 1 aliphatic rings. The number of fused-ring (bicyclic) bond motifs is 1. The fourth-order valence-corrected chi connectivity index (χ4v) is 3.09. The first-order chi connectivity index (χ1) is 12.7. The number of aromatic nitrogens is 1. The molecule has 3 aromatic rings. The second-order valence-corrected chi connectivity index (χ2v) is 6.33. The monoisotopic (exact) mass is 349 g/mol. The SMILES string of the molecule is C=C(O)CC1COc2cc(OCc3ccc(-c4cnco4)cc3)ccc21. The van der Waals surface area contributed by atoms with Gasteiger partial charge in [-0.05, 0) is 11.6 Å². The second-order valence-electron chi connectivity index (χ2n) is 6.33. The Morgan fingerprint density at radius 3 is 2.81 bits per heavy atom. The topological polar surface area (TPSA) is 64.7 Å². The lowest BCUT2D eigenvalue weighted by Gasteiger charge is -2.10. The average Bonchev–Trinajstić information content (AvgIpc) is 3.30. The van der Waals surface area contributed by atoms with Crippen LogP contribution in [0.2, 0.25) is 0 Å². The minimum absolute atomic E-state index is 0.153. The molecule has 0 fully saturated rings. The summed E-state index contributed by atoms with van der Waals surface area (Å²) in [5.74, 6) is 2.65. The van der Waals surface area contributed by atoms with Gasteiger partial charge in [0.05, 0.1) is 18.6 Å². The molecule has 5 heteroatoms. The molecule has 1 unspecified atom stereocenters. The molecule has 26 heavy (non-hydrogen) atoms. The molecule has 1 N–H and O–H groups in total. The lowest BCUT2D eigenvalue weighted by atomic mass is 9.97. The van der Waals surface area contributed by atoms with Crippen LogP contribution in [0, 0.1) is 0 Å². The molecule has 132 valence electrons. The fourth-order valence-electron chi connectivity index (χ4n) is 3.09. The molecule has 0 spiro atoms. The van der Waals surface area contributed by atoms with Crippen LogP contribution in [-0.2, 0) is 6.61 Å². The van der Waals surface area contributed by atoms with Gasteiger partial charge >= 0.3 is 0 Å². The molecule has 0 saturated heterocycles. The highest BCUT2D eigenvalue weighted by Gasteiger charge is 2.25. The van der Waals surface area contributed by atoms with Crippen LogP contribution in [-0.4, -0.2) is 16.7 Å². The van der Waals surface area contributed by atoms with E-state index >= 15 is 0 Å². The summed E-state index contributed by atoms with van der Waals surface area (Å²) in [4.78, 5) is 3.92. The number of rotatable bonds is 6. The molecule has 2 heterocycles. The molecule has 0 radical (unpaired) electrons. The minimum Gasteiger partial charge on any atom is -0.513 e. The van der Waals surface area contributed by atoms with Crippen molar-refractivity contribution in [3.63, 3.8) is 0 Å². The van der Waals surface area contributed by atoms with E-state index in [1.165, 1.54) is 6.39 Å². The van der Waals surface area contributed by atoms with Gasteiger partial charge in [-0.1, -0.05) is 36.9 Å². The summed E-state index contributed by atoms with van der Waals surface area (Å²) in [6.07, 6.45) is 3.63. The standard InChI is InChI=1S/C21H19NO4/c1-14(23)8-17-12-25-20-9-18(6-7-19(17)20)24-11-15-2-4-16(5-3-15)21-10-22-13-26-21/h2-7,9-10,13,17,23H,1,8,11-12H2. The van der Waals surface area contributed by atoms with Gasteiger partial charge in [0, 0.05) is 29.5 Å². The minimum atomic E-state index is 0.153. The maximum Gasteiger partial charge on any atom is 0.181 e. The lowest BCUT2D eigenvalue weighted by molar-refractivity contribution is 0.297. The number of nitrogens with zero attached hydrogens (tertiary/aromatic N) is 1. The highest BCUT2D eigenvalue weighted by Crippen LogP contribution is 2.39. The van der Waals surface area contributed by atoms with Crippen molar-refractivity contribution in [1.82, 2.24) is 4.98 Å². The van der Waals surface area contributed by atoms with Gasteiger partial charge in [0.15, 0.2) is 12.2 Å². The Morgan fingerprint density at radius 2 is 2.08 bits per heavy atom. The van der Waals surface area contributed by atoms with E-state index in [0.717, 1.165) is 33.9 Å². The maximum absolute atomic E-state index is 9.40. The van der Waals surface area contributed by atoms with Crippen LogP contribution in [0.3, 0.4) is 0 Å². The van der Waals surface area contributed by atoms with Gasteiger partial charge < -0.3 is 19.0 Å². The summed E-state index contributed by atoms with van der Waals surface area (Å²) >= 11 is 0. The molecule has 0 amide bonds. The first-order valence-electron chi connectivity index (χ1n) is 8.43. The first-order valence-corrected chi connectivity index (χ1v) is 8.43. The Morgan fingerprint density at radius 1 is 1.23 bits per heavy atom. The number of oxazole rings is 1. The molecule has 0 bridgehead atoms. The van der Waals surface area contributed by atoms with Gasteiger partial charge in [0.1, 0.15) is 18.1 Å². The molecular weight excluding hydrogens is 330 g/mol. The van der Waals surface area contributed by atoms with Gasteiger partial charge in [-0.15, -0.1) is 0 Å². The number of allylic oxidation sites excluding steroid dienone is 1. The zero-order chi connectivity index (χ0) is 17.9. The van der Waals surface area contributed by atoms with E-state index in [-0.39, 0.29) is 11.7 Å². The van der Waals surface area contributed by atoms with Gasteiger partial charge in [0.25, 0.3) is 0 Å². The van der Waals surface area contributed by atoms with Crippen LogP contribution in [0.1, 0.15) is 23.5 Å². The second kappa shape index (κ2) is 6.96. The molecule has 1 atom stereocenters. The van der Waals surface area contributed by atoms with Gasteiger partial charge in [-0.3, -0.25) is 0 Å². The van der Waals surface area contributed by atoms with E-state index < -0.39 is 0 Å². The van der Waals surface area contributed by atoms with Crippen molar-refractivity contribution >= 4 is 0 Å². The Labute approximate surface area is 151 Å². The van der Waals surface area contributed by atoms with Crippen LogP contribution < -0.4 is 9.47 Å². The third-order valence-electron chi connectivity index (χ3n) is 4.42. The summed E-state index contributed by atoms with van der Waals surface area (Å²) < 4.78 is 16.9. The predicted molar refractivity (Wildman–Crippen MR) is 97.3 cm³/mol. The molecule has 5 nitrogen and oxygen atoms in total. The van der Waals surface area contributed by atoms with Gasteiger partial charge in [-0.2, -0.15) is 0 Å². The molecule has 4 rings (SSSR count). The van der Waals surface area contributed by atoms with Crippen molar-refractivity contribution in [3.8, 4) is 22.8 Å². The third kappa shape index (κ3) is 3.42. The van der Waals surface area contributed by atoms with Crippen molar-refractivity contribution in [1.29, 1.82) is 0 Å². The summed E-state index contributed by atoms with van der Waals surface area (Å²) in [5, 5.41) is 9.40. The molecule has 2 aromatic carbocycles. The van der Waals surface area contributed by atoms with E-state index in [1.54, 1.807) is 6.20 Å². The largest absolute Gasteiger partial charge is 0.513 e. The maximum atomic E-state index is 9.40. The van der Waals surface area contributed by atoms with Crippen molar-refractivity contribution in [3.05, 3.63) is 78.5 Å². The fraction of sp³-hybridized carbons (Fsp3) is 0.190. The van der Waals surface area contributed by atoms with E-state index in [2.05, 4.69) is 11.6 Å². The van der Waals surface area contributed by atoms with E-state index in [1.807, 2.05) is 42.5 Å². The van der Waals surface area contributed by atoms with Crippen LogP contribution >= 0.6 is 0 Å². The summed E-state index contributed by atoms with van der Waals surface area (Å²) in [5.41, 5.74) is 3.13. The summed E-state index contributed by atoms with van der Waals surface area (Å²) in [6.45, 7) is 4.58. The quantitative estimate of drug-likeness (QED) is 0.644.